The second kappa shape index (κ2) is 4.47. The summed E-state index contributed by atoms with van der Waals surface area (Å²) in [5, 5.41) is 1.38. The second-order valence-corrected chi connectivity index (χ2v) is 5.01. The lowest BCUT2D eigenvalue weighted by Crippen LogP contribution is -1.88. The molecule has 1 aromatic carbocycles. The Morgan fingerprint density at radius 2 is 2.11 bits per heavy atom. The number of fused-ring (bicyclic) bond motifs is 1. The van der Waals surface area contributed by atoms with E-state index in [1.54, 1.807) is 18.5 Å². The molecule has 18 heavy (non-hydrogen) atoms. The molecule has 0 aliphatic heterocycles. The fourth-order valence-corrected chi connectivity index (χ4v) is 2.68. The molecule has 7 heteroatoms. The van der Waals surface area contributed by atoms with Gasteiger partial charge in [-0.1, -0.05) is 23.4 Å². The predicted molar refractivity (Wildman–Crippen MR) is 71.7 cm³/mol. The number of nitrogens with one attached hydrogen (secondary N) is 1. The van der Waals surface area contributed by atoms with Crippen LogP contribution in [0.25, 0.3) is 11.2 Å². The summed E-state index contributed by atoms with van der Waals surface area (Å²) in [4.78, 5) is 16.3. The summed E-state index contributed by atoms with van der Waals surface area (Å²) in [5.74, 6) is 0. The van der Waals surface area contributed by atoms with Crippen LogP contribution in [0.3, 0.4) is 0 Å². The first-order valence-corrected chi connectivity index (χ1v) is 6.30. The van der Waals surface area contributed by atoms with Crippen LogP contribution in [0.4, 0.5) is 5.69 Å². The molecule has 3 aromatic rings. The molecule has 3 N–H and O–H groups in total. The summed E-state index contributed by atoms with van der Waals surface area (Å²) in [7, 11) is 0. The molecule has 0 saturated carbocycles. The molecule has 0 atom stereocenters. The van der Waals surface area contributed by atoms with E-state index in [4.69, 9.17) is 17.3 Å². The standard InChI is InChI=1S/C11H8ClN5S/c12-7-3-6(13)1-2-8(7)18-11-9-10(15-4-14-9)16-5-17-11/h1-5H,13H2,(H,14,15,16,17). The lowest BCUT2D eigenvalue weighted by Gasteiger charge is -2.04. The Labute approximate surface area is 112 Å². The van der Waals surface area contributed by atoms with Crippen LogP contribution in [0.2, 0.25) is 5.02 Å². The number of aromatic amines is 1. The largest absolute Gasteiger partial charge is 0.399 e. The SMILES string of the molecule is Nc1ccc(Sc2ncnc3nc[nH]c23)c(Cl)c1. The molecule has 0 aliphatic rings. The van der Waals surface area contributed by atoms with E-state index in [2.05, 4.69) is 19.9 Å². The van der Waals surface area contributed by atoms with Crippen LogP contribution in [-0.2, 0) is 0 Å². The van der Waals surface area contributed by atoms with Crippen LogP contribution in [-0.4, -0.2) is 19.9 Å². The highest BCUT2D eigenvalue weighted by atomic mass is 35.5. The third-order valence-corrected chi connectivity index (χ3v) is 3.85. The minimum absolute atomic E-state index is 0.603. The van der Waals surface area contributed by atoms with Crippen molar-refractivity contribution < 1.29 is 0 Å². The number of benzene rings is 1. The van der Waals surface area contributed by atoms with E-state index in [0.717, 1.165) is 15.4 Å². The van der Waals surface area contributed by atoms with E-state index >= 15 is 0 Å². The van der Waals surface area contributed by atoms with Crippen LogP contribution in [0, 0.1) is 0 Å². The van der Waals surface area contributed by atoms with Gasteiger partial charge in [0, 0.05) is 10.6 Å². The summed E-state index contributed by atoms with van der Waals surface area (Å²) in [6.07, 6.45) is 3.07. The van der Waals surface area contributed by atoms with Gasteiger partial charge in [0.2, 0.25) is 0 Å². The number of nitrogen functional groups attached to an aromatic ring is 1. The van der Waals surface area contributed by atoms with Crippen molar-refractivity contribution >= 4 is 40.2 Å². The first kappa shape index (κ1) is 11.3. The highest BCUT2D eigenvalue weighted by Crippen LogP contribution is 2.35. The highest BCUT2D eigenvalue weighted by Gasteiger charge is 2.09. The fraction of sp³-hybridized carbons (Fsp3) is 0. The van der Waals surface area contributed by atoms with Crippen molar-refractivity contribution in [1.82, 2.24) is 19.9 Å². The van der Waals surface area contributed by atoms with Gasteiger partial charge >= 0.3 is 0 Å². The number of aromatic nitrogens is 4. The van der Waals surface area contributed by atoms with Gasteiger partial charge in [0.05, 0.1) is 11.3 Å². The molecule has 0 aliphatic carbocycles. The van der Waals surface area contributed by atoms with Gasteiger partial charge in [-0.25, -0.2) is 15.0 Å². The maximum absolute atomic E-state index is 6.13. The van der Waals surface area contributed by atoms with Crippen LogP contribution < -0.4 is 5.73 Å². The molecule has 0 amide bonds. The maximum atomic E-state index is 6.13. The van der Waals surface area contributed by atoms with Gasteiger partial charge in [0.1, 0.15) is 16.9 Å². The van der Waals surface area contributed by atoms with Gasteiger partial charge in [0.15, 0.2) is 5.65 Å². The van der Waals surface area contributed by atoms with Gasteiger partial charge in [-0.05, 0) is 18.2 Å². The summed E-state index contributed by atoms with van der Waals surface area (Å²) >= 11 is 7.58. The van der Waals surface area contributed by atoms with Crippen molar-refractivity contribution in [2.45, 2.75) is 9.92 Å². The van der Waals surface area contributed by atoms with Crippen molar-refractivity contribution in [2.75, 3.05) is 5.73 Å². The van der Waals surface area contributed by atoms with Crippen molar-refractivity contribution in [1.29, 1.82) is 0 Å². The Bertz CT molecular complexity index is 711. The van der Waals surface area contributed by atoms with Crippen LogP contribution in [0.5, 0.6) is 0 Å². The lowest BCUT2D eigenvalue weighted by atomic mass is 10.3. The maximum Gasteiger partial charge on any atom is 0.181 e. The van der Waals surface area contributed by atoms with Crippen molar-refractivity contribution in [3.8, 4) is 0 Å². The molecule has 2 aromatic heterocycles. The van der Waals surface area contributed by atoms with Gasteiger partial charge in [-0.2, -0.15) is 0 Å². The van der Waals surface area contributed by atoms with Gasteiger partial charge in [0.25, 0.3) is 0 Å². The monoisotopic (exact) mass is 277 g/mol. The molecule has 0 spiro atoms. The zero-order valence-electron chi connectivity index (χ0n) is 9.09. The zero-order chi connectivity index (χ0) is 12.5. The van der Waals surface area contributed by atoms with Gasteiger partial charge in [-0.15, -0.1) is 0 Å². The quantitative estimate of drug-likeness (QED) is 0.556. The van der Waals surface area contributed by atoms with Gasteiger partial charge in [-0.3, -0.25) is 0 Å². The van der Waals surface area contributed by atoms with E-state index in [1.165, 1.54) is 18.1 Å². The number of hydrogen-bond donors (Lipinski definition) is 2. The molecule has 2 heterocycles. The summed E-state index contributed by atoms with van der Waals surface area (Å²) in [6.45, 7) is 0. The average molecular weight is 278 g/mol. The number of anilines is 1. The molecular formula is C11H8ClN5S. The van der Waals surface area contributed by atoms with Crippen molar-refractivity contribution in [3.05, 3.63) is 35.9 Å². The highest BCUT2D eigenvalue weighted by molar-refractivity contribution is 7.99. The molecule has 90 valence electrons. The third kappa shape index (κ3) is 2.00. The topological polar surface area (TPSA) is 80.5 Å². The Kier molecular flexibility index (Phi) is 2.81. The number of halogens is 1. The second-order valence-electron chi connectivity index (χ2n) is 3.57. The van der Waals surface area contributed by atoms with E-state index < -0.39 is 0 Å². The molecular weight excluding hydrogens is 270 g/mol. The van der Waals surface area contributed by atoms with E-state index in [-0.39, 0.29) is 0 Å². The summed E-state index contributed by atoms with van der Waals surface area (Å²) in [5.41, 5.74) is 7.74. The Balaban J connectivity index is 2.03. The minimum atomic E-state index is 0.603. The third-order valence-electron chi connectivity index (χ3n) is 2.35. The van der Waals surface area contributed by atoms with Crippen LogP contribution >= 0.6 is 23.4 Å². The number of hydrogen-bond acceptors (Lipinski definition) is 5. The summed E-state index contributed by atoms with van der Waals surface area (Å²) in [6, 6.07) is 5.39. The van der Waals surface area contributed by atoms with Crippen molar-refractivity contribution in [3.63, 3.8) is 0 Å². The number of rotatable bonds is 2. The van der Waals surface area contributed by atoms with Crippen molar-refractivity contribution in [2.24, 2.45) is 0 Å². The van der Waals surface area contributed by atoms with E-state index in [0.29, 0.717) is 16.4 Å². The molecule has 0 unspecified atom stereocenters. The van der Waals surface area contributed by atoms with Crippen LogP contribution in [0.1, 0.15) is 0 Å². The average Bonchev–Trinajstić information content (AvgIpc) is 2.82. The first-order valence-electron chi connectivity index (χ1n) is 5.11. The number of nitrogens with two attached hydrogens (primary N) is 1. The lowest BCUT2D eigenvalue weighted by molar-refractivity contribution is 1.08. The molecule has 0 radical (unpaired) electrons. The normalized spacial score (nSPS) is 10.9. The Hall–Kier alpha value is -1.79. The molecule has 3 rings (SSSR count). The zero-order valence-corrected chi connectivity index (χ0v) is 10.7. The number of H-pyrrole nitrogens is 1. The van der Waals surface area contributed by atoms with E-state index in [9.17, 15) is 0 Å². The molecule has 0 fully saturated rings. The van der Waals surface area contributed by atoms with Gasteiger partial charge < -0.3 is 10.7 Å². The fourth-order valence-electron chi connectivity index (χ4n) is 1.52. The van der Waals surface area contributed by atoms with Crippen LogP contribution in [0.15, 0.2) is 40.8 Å². The number of nitrogens with zero attached hydrogens (tertiary/aromatic N) is 3. The number of imidazole rings is 1. The summed E-state index contributed by atoms with van der Waals surface area (Å²) < 4.78 is 0. The molecule has 5 nitrogen and oxygen atoms in total. The minimum Gasteiger partial charge on any atom is -0.399 e. The first-order chi connectivity index (χ1) is 8.74. The van der Waals surface area contributed by atoms with E-state index in [1.807, 2.05) is 6.07 Å². The smallest absolute Gasteiger partial charge is 0.181 e. The predicted octanol–water partition coefficient (Wildman–Crippen LogP) is 2.74. The Morgan fingerprint density at radius 1 is 1.22 bits per heavy atom. The molecule has 0 bridgehead atoms. The Morgan fingerprint density at radius 3 is 2.94 bits per heavy atom. The molecule has 0 saturated heterocycles.